The van der Waals surface area contributed by atoms with Gasteiger partial charge in [0.25, 0.3) is 5.91 Å². The molecule has 0 radical (unpaired) electrons. The summed E-state index contributed by atoms with van der Waals surface area (Å²) in [6, 6.07) is 6.64. The van der Waals surface area contributed by atoms with Crippen molar-refractivity contribution in [1.82, 2.24) is 5.32 Å². The molecule has 0 heterocycles. The minimum Gasteiger partial charge on any atom is -0.458 e. The number of carbonyl (C=O) groups excluding carboxylic acids is 2. The number of esters is 1. The molecule has 0 spiro atoms. The molecule has 4 nitrogen and oxygen atoms in total. The lowest BCUT2D eigenvalue weighted by molar-refractivity contribution is -0.158. The van der Waals surface area contributed by atoms with Crippen molar-refractivity contribution in [2.45, 2.75) is 53.2 Å². The van der Waals surface area contributed by atoms with Crippen LogP contribution in [0.4, 0.5) is 0 Å². The van der Waals surface area contributed by atoms with Crippen LogP contribution in [0.15, 0.2) is 24.3 Å². The highest BCUT2D eigenvalue weighted by Crippen LogP contribution is 2.14. The van der Waals surface area contributed by atoms with Crippen LogP contribution in [0.25, 0.3) is 0 Å². The first-order valence-corrected chi connectivity index (χ1v) is 7.21. The number of carbonyl (C=O) groups is 2. The van der Waals surface area contributed by atoms with Crippen LogP contribution < -0.4 is 5.32 Å². The number of benzene rings is 1. The van der Waals surface area contributed by atoms with Crippen molar-refractivity contribution < 1.29 is 14.3 Å². The SMILES string of the molecule is Cc1ccccc1C(=O)N[C@@H](C(=O)OC(C)(C)C)C(C)C. The van der Waals surface area contributed by atoms with Crippen LogP contribution in [0.1, 0.15) is 50.5 Å². The van der Waals surface area contributed by atoms with E-state index in [1.54, 1.807) is 12.1 Å². The number of aryl methyl sites for hydroxylation is 1. The van der Waals surface area contributed by atoms with Crippen LogP contribution in [-0.2, 0) is 9.53 Å². The zero-order valence-electron chi connectivity index (χ0n) is 13.7. The highest BCUT2D eigenvalue weighted by atomic mass is 16.6. The summed E-state index contributed by atoms with van der Waals surface area (Å²) in [6.45, 7) is 11.1. The highest BCUT2D eigenvalue weighted by Gasteiger charge is 2.29. The van der Waals surface area contributed by atoms with E-state index in [4.69, 9.17) is 4.74 Å². The fourth-order valence-corrected chi connectivity index (χ4v) is 1.91. The first kappa shape index (κ1) is 17.2. The van der Waals surface area contributed by atoms with E-state index in [1.807, 2.05) is 53.7 Å². The van der Waals surface area contributed by atoms with Gasteiger partial charge in [-0.1, -0.05) is 32.0 Å². The summed E-state index contributed by atoms with van der Waals surface area (Å²) < 4.78 is 5.37. The summed E-state index contributed by atoms with van der Waals surface area (Å²) in [7, 11) is 0. The third-order valence-electron chi connectivity index (χ3n) is 3.00. The summed E-state index contributed by atoms with van der Waals surface area (Å²) in [5.41, 5.74) is 0.880. The summed E-state index contributed by atoms with van der Waals surface area (Å²) in [5.74, 6) is -0.704. The van der Waals surface area contributed by atoms with E-state index >= 15 is 0 Å². The summed E-state index contributed by atoms with van der Waals surface area (Å²) in [5, 5.41) is 2.78. The molecule has 116 valence electrons. The van der Waals surface area contributed by atoms with Crippen LogP contribution in [0.2, 0.25) is 0 Å². The maximum atomic E-state index is 12.3. The minimum absolute atomic E-state index is 0.0483. The van der Waals surface area contributed by atoms with Crippen LogP contribution in [-0.4, -0.2) is 23.5 Å². The average molecular weight is 291 g/mol. The normalized spacial score (nSPS) is 12.9. The van der Waals surface area contributed by atoms with Crippen LogP contribution >= 0.6 is 0 Å². The molecule has 4 heteroatoms. The van der Waals surface area contributed by atoms with Crippen molar-refractivity contribution in [2.75, 3.05) is 0 Å². The smallest absolute Gasteiger partial charge is 0.329 e. The van der Waals surface area contributed by atoms with Crippen LogP contribution in [0, 0.1) is 12.8 Å². The maximum absolute atomic E-state index is 12.3. The van der Waals surface area contributed by atoms with Gasteiger partial charge in [-0.05, 0) is 45.2 Å². The van der Waals surface area contributed by atoms with E-state index in [0.717, 1.165) is 5.56 Å². The molecular formula is C17H25NO3. The Kier molecular flexibility index (Phi) is 5.53. The predicted molar refractivity (Wildman–Crippen MR) is 83.1 cm³/mol. The van der Waals surface area contributed by atoms with Gasteiger partial charge in [0.1, 0.15) is 11.6 Å². The number of rotatable bonds is 4. The standard InChI is InChI=1S/C17H25NO3/c1-11(2)14(16(20)21-17(4,5)6)18-15(19)13-10-8-7-9-12(13)3/h7-11,14H,1-6H3,(H,18,19)/t14-/m1/s1. The van der Waals surface area contributed by atoms with Gasteiger partial charge < -0.3 is 10.1 Å². The topological polar surface area (TPSA) is 55.4 Å². The molecule has 0 fully saturated rings. The molecule has 1 aromatic carbocycles. The molecule has 0 saturated carbocycles. The predicted octanol–water partition coefficient (Wildman–Crippen LogP) is 3.09. The Labute approximate surface area is 126 Å². The van der Waals surface area contributed by atoms with Gasteiger partial charge in [-0.15, -0.1) is 0 Å². The minimum atomic E-state index is -0.656. The molecule has 21 heavy (non-hydrogen) atoms. The zero-order chi connectivity index (χ0) is 16.2. The molecule has 0 bridgehead atoms. The third-order valence-corrected chi connectivity index (χ3v) is 3.00. The molecule has 0 unspecified atom stereocenters. The Morgan fingerprint density at radius 3 is 2.19 bits per heavy atom. The number of ether oxygens (including phenoxy) is 1. The molecule has 1 atom stereocenters. The molecule has 0 aliphatic carbocycles. The molecule has 0 aliphatic heterocycles. The van der Waals surface area contributed by atoms with Crippen molar-refractivity contribution in [3.63, 3.8) is 0 Å². The molecular weight excluding hydrogens is 266 g/mol. The Hall–Kier alpha value is -1.84. The maximum Gasteiger partial charge on any atom is 0.329 e. The van der Waals surface area contributed by atoms with Gasteiger partial charge in [-0.25, -0.2) is 4.79 Å². The number of amides is 1. The van der Waals surface area contributed by atoms with Crippen molar-refractivity contribution in [3.8, 4) is 0 Å². The lowest BCUT2D eigenvalue weighted by Crippen LogP contribution is -2.47. The lowest BCUT2D eigenvalue weighted by Gasteiger charge is -2.26. The number of nitrogens with one attached hydrogen (secondary N) is 1. The Bertz CT molecular complexity index is 515. The zero-order valence-corrected chi connectivity index (χ0v) is 13.7. The fraction of sp³-hybridized carbons (Fsp3) is 0.529. The molecule has 1 rings (SSSR count). The Morgan fingerprint density at radius 2 is 1.71 bits per heavy atom. The van der Waals surface area contributed by atoms with Crippen LogP contribution in [0.5, 0.6) is 0 Å². The van der Waals surface area contributed by atoms with Gasteiger partial charge in [-0.2, -0.15) is 0 Å². The first-order chi connectivity index (χ1) is 9.61. The van der Waals surface area contributed by atoms with E-state index in [0.29, 0.717) is 5.56 Å². The van der Waals surface area contributed by atoms with Crippen LogP contribution in [0.3, 0.4) is 0 Å². The highest BCUT2D eigenvalue weighted by molar-refractivity contribution is 5.98. The Morgan fingerprint density at radius 1 is 1.14 bits per heavy atom. The summed E-state index contributed by atoms with van der Waals surface area (Å²) in [6.07, 6.45) is 0. The van der Waals surface area contributed by atoms with E-state index < -0.39 is 17.6 Å². The molecule has 1 aromatic rings. The van der Waals surface area contributed by atoms with Gasteiger partial charge in [0.2, 0.25) is 0 Å². The van der Waals surface area contributed by atoms with Crippen molar-refractivity contribution >= 4 is 11.9 Å². The second-order valence-corrected chi connectivity index (χ2v) is 6.54. The van der Waals surface area contributed by atoms with E-state index in [1.165, 1.54) is 0 Å². The van der Waals surface area contributed by atoms with Gasteiger partial charge in [-0.3, -0.25) is 4.79 Å². The lowest BCUT2D eigenvalue weighted by atomic mass is 10.0. The van der Waals surface area contributed by atoms with Gasteiger partial charge in [0.05, 0.1) is 0 Å². The average Bonchev–Trinajstić information content (AvgIpc) is 2.33. The van der Waals surface area contributed by atoms with Crippen molar-refractivity contribution in [3.05, 3.63) is 35.4 Å². The van der Waals surface area contributed by atoms with Crippen molar-refractivity contribution in [2.24, 2.45) is 5.92 Å². The molecule has 0 aromatic heterocycles. The van der Waals surface area contributed by atoms with E-state index in [9.17, 15) is 9.59 Å². The first-order valence-electron chi connectivity index (χ1n) is 7.21. The molecule has 1 amide bonds. The second kappa shape index (κ2) is 6.74. The van der Waals surface area contributed by atoms with Gasteiger partial charge in [0.15, 0.2) is 0 Å². The second-order valence-electron chi connectivity index (χ2n) is 6.54. The third kappa shape index (κ3) is 5.21. The quantitative estimate of drug-likeness (QED) is 0.867. The molecule has 1 N–H and O–H groups in total. The molecule has 0 saturated heterocycles. The van der Waals surface area contributed by atoms with Gasteiger partial charge >= 0.3 is 5.97 Å². The molecule has 0 aliphatic rings. The summed E-state index contributed by atoms with van der Waals surface area (Å²) in [4.78, 5) is 24.5. The number of hydrogen-bond acceptors (Lipinski definition) is 3. The van der Waals surface area contributed by atoms with Gasteiger partial charge in [0, 0.05) is 5.56 Å². The van der Waals surface area contributed by atoms with E-state index in [-0.39, 0.29) is 11.8 Å². The number of hydrogen-bond donors (Lipinski definition) is 1. The monoisotopic (exact) mass is 291 g/mol. The fourth-order valence-electron chi connectivity index (χ4n) is 1.91. The summed E-state index contributed by atoms with van der Waals surface area (Å²) >= 11 is 0. The Balaban J connectivity index is 2.87. The van der Waals surface area contributed by atoms with Crippen molar-refractivity contribution in [1.29, 1.82) is 0 Å². The van der Waals surface area contributed by atoms with E-state index in [2.05, 4.69) is 5.32 Å². The largest absolute Gasteiger partial charge is 0.458 e.